The Kier molecular flexibility index (Phi) is 12.4. The summed E-state index contributed by atoms with van der Waals surface area (Å²) in [6, 6.07) is 39.4. The fourth-order valence-corrected chi connectivity index (χ4v) is 6.71. The number of carbonyl (C=O) groups excluding carboxylic acids is 2. The highest BCUT2D eigenvalue weighted by molar-refractivity contribution is 5.83. The number of aliphatic hydroxyl groups excluding tert-OH is 1. The highest BCUT2D eigenvalue weighted by Gasteiger charge is 2.33. The predicted octanol–water partition coefficient (Wildman–Crippen LogP) is 7.53. The zero-order valence-corrected chi connectivity index (χ0v) is 29.7. The first-order valence-electron chi connectivity index (χ1n) is 17.9. The van der Waals surface area contributed by atoms with Gasteiger partial charge in [0, 0.05) is 44.0 Å². The second-order valence-electron chi connectivity index (χ2n) is 13.6. The van der Waals surface area contributed by atoms with Crippen molar-refractivity contribution in [3.05, 3.63) is 143 Å². The van der Waals surface area contributed by atoms with Gasteiger partial charge in [0.15, 0.2) is 6.29 Å². The second kappa shape index (κ2) is 17.5. The lowest BCUT2D eigenvalue weighted by Crippen LogP contribution is -2.38. The summed E-state index contributed by atoms with van der Waals surface area (Å²) in [6.07, 6.45) is 0.418. The van der Waals surface area contributed by atoms with E-state index >= 15 is 0 Å². The molecule has 9 heteroatoms. The number of hydrogen-bond acceptors (Lipinski definition) is 7. The number of amides is 2. The van der Waals surface area contributed by atoms with Crippen LogP contribution in [0.3, 0.4) is 0 Å². The number of benzene rings is 5. The van der Waals surface area contributed by atoms with Gasteiger partial charge >= 0.3 is 0 Å². The van der Waals surface area contributed by atoms with Gasteiger partial charge in [-0.2, -0.15) is 0 Å². The normalized spacial score (nSPS) is 17.9. The molecule has 0 radical (unpaired) electrons. The Bertz CT molecular complexity index is 1960. The Morgan fingerprint density at radius 1 is 0.788 bits per heavy atom. The quantitative estimate of drug-likeness (QED) is 0.0698. The van der Waals surface area contributed by atoms with Gasteiger partial charge < -0.3 is 19.9 Å². The van der Waals surface area contributed by atoms with Crippen molar-refractivity contribution in [1.29, 1.82) is 0 Å². The Morgan fingerprint density at radius 3 is 2.29 bits per heavy atom. The average molecular weight is 702 g/mol. The minimum Gasteiger partial charge on any atom is -0.392 e. The van der Waals surface area contributed by atoms with Gasteiger partial charge in [-0.1, -0.05) is 97.1 Å². The number of hydroxylamine groups is 1. The van der Waals surface area contributed by atoms with Crippen molar-refractivity contribution < 1.29 is 29.4 Å². The molecule has 52 heavy (non-hydrogen) atoms. The Morgan fingerprint density at radius 2 is 1.52 bits per heavy atom. The minimum atomic E-state index is -0.596. The molecule has 1 aliphatic heterocycles. The molecule has 9 nitrogen and oxygen atoms in total. The van der Waals surface area contributed by atoms with E-state index in [-0.39, 0.29) is 43.6 Å². The number of ether oxygens (including phenoxy) is 2. The maximum atomic E-state index is 12.3. The van der Waals surface area contributed by atoms with Crippen LogP contribution < -0.4 is 10.8 Å². The molecule has 0 aliphatic carbocycles. The summed E-state index contributed by atoms with van der Waals surface area (Å²) in [5.74, 6) is -0.662. The molecule has 1 aliphatic rings. The SMILES string of the molecule is C[C@H](c1ccc2ccccc2c1)N(C)C[C@H]1C[C@@H](c2ccc(CO)cc2)O[C@@H](c2cccc(-c3cccc(CNC(=O)CCCC(=O)NO)c3)c2)O1. The van der Waals surface area contributed by atoms with Gasteiger partial charge in [0.05, 0.1) is 18.8 Å². The monoisotopic (exact) mass is 701 g/mol. The summed E-state index contributed by atoms with van der Waals surface area (Å²) in [4.78, 5) is 25.9. The molecule has 0 spiro atoms. The zero-order chi connectivity index (χ0) is 36.5. The van der Waals surface area contributed by atoms with Crippen molar-refractivity contribution in [2.24, 2.45) is 0 Å². The van der Waals surface area contributed by atoms with Gasteiger partial charge in [-0.05, 0) is 82.7 Å². The topological polar surface area (TPSA) is 120 Å². The van der Waals surface area contributed by atoms with Gasteiger partial charge in [-0.3, -0.25) is 19.7 Å². The van der Waals surface area contributed by atoms with Crippen molar-refractivity contribution in [3.8, 4) is 11.1 Å². The maximum Gasteiger partial charge on any atom is 0.243 e. The number of rotatable bonds is 14. The molecule has 6 rings (SSSR count). The third kappa shape index (κ3) is 9.50. The van der Waals surface area contributed by atoms with Crippen LogP contribution in [0.5, 0.6) is 0 Å². The lowest BCUT2D eigenvalue weighted by Gasteiger charge is -2.39. The van der Waals surface area contributed by atoms with E-state index in [1.165, 1.54) is 16.3 Å². The van der Waals surface area contributed by atoms with E-state index in [9.17, 15) is 14.7 Å². The molecule has 1 fully saturated rings. The minimum absolute atomic E-state index is 0.0104. The van der Waals surface area contributed by atoms with E-state index in [1.54, 1.807) is 5.48 Å². The van der Waals surface area contributed by atoms with Crippen molar-refractivity contribution in [2.45, 2.75) is 70.3 Å². The van der Waals surface area contributed by atoms with Crippen LogP contribution in [0.4, 0.5) is 0 Å². The number of likely N-dealkylation sites (N-methyl/N-ethyl adjacent to an activating group) is 1. The standard InChI is InChI=1S/C43H47N3O6/c1-29(34-21-20-32-9-3-4-10-36(32)23-34)46(2)27-39-25-40(33-18-16-30(28-47)17-19-33)52-43(51-39)38-13-6-12-37(24-38)35-11-5-8-31(22-35)26-44-41(48)14-7-15-42(49)45-50/h3-6,8-13,16-24,29,39-40,43,47,50H,7,14-15,25-28H2,1-2H3,(H,44,48)(H,45,49)/t29-,39-,40+,43+/m1/s1. The molecule has 4 N–H and O–H groups in total. The molecular weight excluding hydrogens is 654 g/mol. The summed E-state index contributed by atoms with van der Waals surface area (Å²) in [5, 5.41) is 23.6. The van der Waals surface area contributed by atoms with Gasteiger partial charge in [0.2, 0.25) is 11.8 Å². The summed E-state index contributed by atoms with van der Waals surface area (Å²) < 4.78 is 13.4. The largest absolute Gasteiger partial charge is 0.392 e. The average Bonchev–Trinajstić information content (AvgIpc) is 3.19. The molecule has 4 atom stereocenters. The van der Waals surface area contributed by atoms with Crippen molar-refractivity contribution in [2.75, 3.05) is 13.6 Å². The van der Waals surface area contributed by atoms with Crippen molar-refractivity contribution in [1.82, 2.24) is 15.7 Å². The van der Waals surface area contributed by atoms with Crippen LogP contribution in [0, 0.1) is 0 Å². The van der Waals surface area contributed by atoms with E-state index in [0.29, 0.717) is 25.9 Å². The molecule has 0 bridgehead atoms. The molecule has 1 heterocycles. The molecule has 0 unspecified atom stereocenters. The Hall–Kier alpha value is -4.90. The predicted molar refractivity (Wildman–Crippen MR) is 201 cm³/mol. The van der Waals surface area contributed by atoms with E-state index in [2.05, 4.69) is 84.9 Å². The van der Waals surface area contributed by atoms with Crippen molar-refractivity contribution in [3.63, 3.8) is 0 Å². The number of nitrogens with one attached hydrogen (secondary N) is 2. The van der Waals surface area contributed by atoms with Crippen molar-refractivity contribution >= 4 is 22.6 Å². The summed E-state index contributed by atoms with van der Waals surface area (Å²) in [5.41, 5.74) is 8.60. The summed E-state index contributed by atoms with van der Waals surface area (Å²) in [6.45, 7) is 3.29. The van der Waals surface area contributed by atoms with Crippen LogP contribution in [0.1, 0.15) is 78.9 Å². The van der Waals surface area contributed by atoms with Crippen LogP contribution in [-0.4, -0.2) is 46.7 Å². The van der Waals surface area contributed by atoms with Gasteiger partial charge in [0.1, 0.15) is 0 Å². The van der Waals surface area contributed by atoms with Crippen LogP contribution in [0.15, 0.2) is 115 Å². The third-order valence-corrected chi connectivity index (χ3v) is 9.86. The molecular formula is C43H47N3O6. The van der Waals surface area contributed by atoms with E-state index in [0.717, 1.165) is 33.4 Å². The zero-order valence-electron chi connectivity index (χ0n) is 29.7. The molecule has 1 saturated heterocycles. The first-order chi connectivity index (χ1) is 25.3. The maximum absolute atomic E-state index is 12.3. The second-order valence-corrected chi connectivity index (χ2v) is 13.6. The van der Waals surface area contributed by atoms with Gasteiger partial charge in [-0.15, -0.1) is 0 Å². The number of aliphatic hydroxyl groups is 1. The highest BCUT2D eigenvalue weighted by atomic mass is 16.7. The number of fused-ring (bicyclic) bond motifs is 1. The lowest BCUT2D eigenvalue weighted by molar-refractivity contribution is -0.253. The first kappa shape index (κ1) is 36.9. The molecule has 270 valence electrons. The van der Waals surface area contributed by atoms with Crippen LogP contribution in [0.2, 0.25) is 0 Å². The molecule has 5 aromatic carbocycles. The summed E-state index contributed by atoms with van der Waals surface area (Å²) in [7, 11) is 2.14. The van der Waals surface area contributed by atoms with Crippen LogP contribution in [-0.2, 0) is 32.2 Å². The van der Waals surface area contributed by atoms with E-state index in [4.69, 9.17) is 14.7 Å². The van der Waals surface area contributed by atoms with E-state index in [1.807, 2.05) is 54.6 Å². The Labute approximate surface area is 305 Å². The smallest absolute Gasteiger partial charge is 0.243 e. The molecule has 5 aromatic rings. The Balaban J connectivity index is 1.17. The lowest BCUT2D eigenvalue weighted by atomic mass is 9.97. The number of hydrogen-bond donors (Lipinski definition) is 4. The third-order valence-electron chi connectivity index (χ3n) is 9.86. The molecule has 2 amide bonds. The highest BCUT2D eigenvalue weighted by Crippen LogP contribution is 2.39. The number of carbonyl (C=O) groups is 2. The number of nitrogens with zero attached hydrogens (tertiary/aromatic N) is 1. The fraction of sp³-hybridized carbons (Fsp3) is 0.302. The molecule has 0 aromatic heterocycles. The van der Waals surface area contributed by atoms with E-state index < -0.39 is 12.2 Å². The first-order valence-corrected chi connectivity index (χ1v) is 17.9. The summed E-state index contributed by atoms with van der Waals surface area (Å²) >= 11 is 0. The van der Waals surface area contributed by atoms with Gasteiger partial charge in [0.25, 0.3) is 0 Å². The molecule has 0 saturated carbocycles. The fourth-order valence-electron chi connectivity index (χ4n) is 6.71. The van der Waals surface area contributed by atoms with Crippen LogP contribution >= 0.6 is 0 Å². The van der Waals surface area contributed by atoms with Crippen LogP contribution in [0.25, 0.3) is 21.9 Å². The van der Waals surface area contributed by atoms with Gasteiger partial charge in [-0.25, -0.2) is 5.48 Å².